The zero-order chi connectivity index (χ0) is 11.9. The zero-order valence-electron chi connectivity index (χ0n) is 10.4. The van der Waals surface area contributed by atoms with Gasteiger partial charge in [-0.05, 0) is 30.6 Å². The van der Waals surface area contributed by atoms with Gasteiger partial charge in [-0.15, -0.1) is 0 Å². The summed E-state index contributed by atoms with van der Waals surface area (Å²) in [7, 11) is 1.39. The minimum absolute atomic E-state index is 0.160. The summed E-state index contributed by atoms with van der Waals surface area (Å²) in [4.78, 5) is 10.9. The Morgan fingerprint density at radius 3 is 2.33 bits per heavy atom. The molecule has 0 aliphatic rings. The Labute approximate surface area is 92.8 Å². The van der Waals surface area contributed by atoms with Crippen molar-refractivity contribution in [1.29, 1.82) is 0 Å². The maximum absolute atomic E-state index is 10.9. The van der Waals surface area contributed by atoms with E-state index in [2.05, 4.69) is 25.5 Å². The first-order valence-electron chi connectivity index (χ1n) is 5.56. The lowest BCUT2D eigenvalue weighted by molar-refractivity contribution is -0.141. The number of ether oxygens (including phenoxy) is 1. The maximum Gasteiger partial charge on any atom is 0.305 e. The second-order valence-corrected chi connectivity index (χ2v) is 5.26. The van der Waals surface area contributed by atoms with Gasteiger partial charge in [0.25, 0.3) is 0 Å². The molecule has 3 heteroatoms. The Hall–Kier alpha value is -0.570. The highest BCUT2D eigenvalue weighted by Crippen LogP contribution is 2.25. The van der Waals surface area contributed by atoms with E-state index in [4.69, 9.17) is 5.11 Å². The van der Waals surface area contributed by atoms with E-state index in [1.165, 1.54) is 7.11 Å². The molecule has 0 bridgehead atoms. The largest absolute Gasteiger partial charge is 0.469 e. The highest BCUT2D eigenvalue weighted by molar-refractivity contribution is 5.69. The molecule has 0 aromatic rings. The van der Waals surface area contributed by atoms with Crippen LogP contribution in [-0.4, -0.2) is 24.8 Å². The summed E-state index contributed by atoms with van der Waals surface area (Å²) in [5.74, 6) is 0.0348. The molecule has 0 saturated carbocycles. The van der Waals surface area contributed by atoms with E-state index in [-0.39, 0.29) is 18.5 Å². The fourth-order valence-corrected chi connectivity index (χ4v) is 1.39. The first kappa shape index (κ1) is 14.4. The van der Waals surface area contributed by atoms with Crippen molar-refractivity contribution in [2.24, 2.45) is 11.3 Å². The molecule has 0 fully saturated rings. The van der Waals surface area contributed by atoms with Crippen LogP contribution in [0.5, 0.6) is 0 Å². The number of esters is 1. The summed E-state index contributed by atoms with van der Waals surface area (Å²) >= 11 is 0. The van der Waals surface area contributed by atoms with Crippen molar-refractivity contribution in [3.8, 4) is 0 Å². The minimum atomic E-state index is -0.191. The van der Waals surface area contributed by atoms with Crippen LogP contribution >= 0.6 is 0 Å². The predicted octanol–water partition coefficient (Wildman–Crippen LogP) is 2.37. The lowest BCUT2D eigenvalue weighted by Gasteiger charge is -2.21. The molecule has 0 unspecified atom stereocenters. The molecule has 15 heavy (non-hydrogen) atoms. The summed E-state index contributed by atoms with van der Waals surface area (Å²) in [6.45, 7) is 6.71. The van der Waals surface area contributed by atoms with E-state index in [0.29, 0.717) is 11.8 Å². The van der Waals surface area contributed by atoms with Crippen molar-refractivity contribution in [3.63, 3.8) is 0 Å². The summed E-state index contributed by atoms with van der Waals surface area (Å²) in [6, 6.07) is 0. The molecule has 3 nitrogen and oxygen atoms in total. The van der Waals surface area contributed by atoms with Crippen LogP contribution in [0.3, 0.4) is 0 Å². The normalized spacial score (nSPS) is 13.7. The quantitative estimate of drug-likeness (QED) is 0.693. The number of aliphatic hydroxyl groups is 1. The zero-order valence-corrected chi connectivity index (χ0v) is 10.4. The van der Waals surface area contributed by atoms with Gasteiger partial charge >= 0.3 is 5.97 Å². The van der Waals surface area contributed by atoms with Gasteiger partial charge < -0.3 is 9.84 Å². The first-order chi connectivity index (χ1) is 6.89. The third-order valence-electron chi connectivity index (χ3n) is 2.55. The average molecular weight is 216 g/mol. The molecule has 90 valence electrons. The van der Waals surface area contributed by atoms with Gasteiger partial charge in [0.15, 0.2) is 0 Å². The monoisotopic (exact) mass is 216 g/mol. The van der Waals surface area contributed by atoms with Crippen LogP contribution in [0.25, 0.3) is 0 Å². The molecule has 0 radical (unpaired) electrons. The second kappa shape index (κ2) is 6.83. The van der Waals surface area contributed by atoms with Crippen LogP contribution in [-0.2, 0) is 9.53 Å². The summed E-state index contributed by atoms with van der Waals surface area (Å²) in [6.07, 6.45) is 3.17. The van der Waals surface area contributed by atoms with E-state index in [9.17, 15) is 4.79 Å². The molecule has 0 saturated heterocycles. The molecular weight excluding hydrogens is 192 g/mol. The van der Waals surface area contributed by atoms with Gasteiger partial charge in [-0.3, -0.25) is 4.79 Å². The lowest BCUT2D eigenvalue weighted by Crippen LogP contribution is -2.14. The van der Waals surface area contributed by atoms with Crippen molar-refractivity contribution in [1.82, 2.24) is 0 Å². The number of carbonyl (C=O) groups excluding carboxylic acids is 1. The van der Waals surface area contributed by atoms with Gasteiger partial charge in [0.05, 0.1) is 7.11 Å². The molecule has 0 rings (SSSR count). The smallest absolute Gasteiger partial charge is 0.305 e. The fraction of sp³-hybridized carbons (Fsp3) is 0.917. The van der Waals surface area contributed by atoms with Gasteiger partial charge in [-0.1, -0.05) is 20.8 Å². The van der Waals surface area contributed by atoms with E-state index in [1.54, 1.807) is 0 Å². The van der Waals surface area contributed by atoms with E-state index >= 15 is 0 Å². The van der Waals surface area contributed by atoms with E-state index in [1.807, 2.05) is 0 Å². The highest BCUT2D eigenvalue weighted by atomic mass is 16.5. The maximum atomic E-state index is 10.9. The minimum Gasteiger partial charge on any atom is -0.469 e. The molecule has 1 N–H and O–H groups in total. The summed E-state index contributed by atoms with van der Waals surface area (Å²) in [5, 5.41) is 9.16. The van der Waals surface area contributed by atoms with E-state index < -0.39 is 0 Å². The molecule has 0 spiro atoms. The predicted molar refractivity (Wildman–Crippen MR) is 60.5 cm³/mol. The van der Waals surface area contributed by atoms with Crippen LogP contribution in [0.2, 0.25) is 0 Å². The number of aliphatic hydroxyl groups excluding tert-OH is 1. The Balaban J connectivity index is 3.78. The summed E-state index contributed by atoms with van der Waals surface area (Å²) in [5.41, 5.74) is 0.290. The molecule has 0 aliphatic heterocycles. The van der Waals surface area contributed by atoms with Crippen molar-refractivity contribution in [3.05, 3.63) is 0 Å². The SMILES string of the molecule is COC(=O)CC[C@H](CO)CCC(C)(C)C. The third kappa shape index (κ3) is 8.43. The molecule has 0 aromatic carbocycles. The Kier molecular flexibility index (Phi) is 6.57. The summed E-state index contributed by atoms with van der Waals surface area (Å²) < 4.78 is 4.57. The van der Waals surface area contributed by atoms with Gasteiger partial charge in [-0.25, -0.2) is 0 Å². The second-order valence-electron chi connectivity index (χ2n) is 5.26. The van der Waals surface area contributed by atoms with Crippen LogP contribution in [0.4, 0.5) is 0 Å². The van der Waals surface area contributed by atoms with E-state index in [0.717, 1.165) is 19.3 Å². The van der Waals surface area contributed by atoms with Gasteiger partial charge in [0.1, 0.15) is 0 Å². The molecular formula is C12H24O3. The van der Waals surface area contributed by atoms with Crippen molar-refractivity contribution >= 4 is 5.97 Å². The number of hydrogen-bond acceptors (Lipinski definition) is 3. The highest BCUT2D eigenvalue weighted by Gasteiger charge is 2.15. The van der Waals surface area contributed by atoms with Gasteiger partial charge in [-0.2, -0.15) is 0 Å². The first-order valence-corrected chi connectivity index (χ1v) is 5.56. The Bertz CT molecular complexity index is 182. The Morgan fingerprint density at radius 2 is 1.93 bits per heavy atom. The van der Waals surface area contributed by atoms with Crippen molar-refractivity contribution in [2.45, 2.75) is 46.5 Å². The molecule has 0 amide bonds. The molecule has 0 aromatic heterocycles. The topological polar surface area (TPSA) is 46.5 Å². The number of rotatable bonds is 6. The van der Waals surface area contributed by atoms with Gasteiger partial charge in [0, 0.05) is 13.0 Å². The van der Waals surface area contributed by atoms with Crippen molar-refractivity contribution < 1.29 is 14.6 Å². The fourth-order valence-electron chi connectivity index (χ4n) is 1.39. The van der Waals surface area contributed by atoms with Gasteiger partial charge in [0.2, 0.25) is 0 Å². The molecule has 1 atom stereocenters. The standard InChI is InChI=1S/C12H24O3/c1-12(2,3)8-7-10(9-13)5-6-11(14)15-4/h10,13H,5-9H2,1-4H3/t10-/m0/s1. The Morgan fingerprint density at radius 1 is 1.33 bits per heavy atom. The third-order valence-corrected chi connectivity index (χ3v) is 2.55. The number of hydrogen-bond donors (Lipinski definition) is 1. The number of methoxy groups -OCH3 is 1. The lowest BCUT2D eigenvalue weighted by atomic mass is 9.85. The van der Waals surface area contributed by atoms with Crippen molar-refractivity contribution in [2.75, 3.05) is 13.7 Å². The van der Waals surface area contributed by atoms with Crippen LogP contribution in [0, 0.1) is 11.3 Å². The van der Waals surface area contributed by atoms with Crippen LogP contribution in [0.1, 0.15) is 46.5 Å². The molecule has 0 aliphatic carbocycles. The average Bonchev–Trinajstić information content (AvgIpc) is 2.16. The van der Waals surface area contributed by atoms with Crippen LogP contribution < -0.4 is 0 Å². The molecule has 0 heterocycles. The number of carbonyl (C=O) groups is 1. The van der Waals surface area contributed by atoms with Crippen LogP contribution in [0.15, 0.2) is 0 Å².